The molecule has 0 saturated carbocycles. The fraction of sp³-hybridized carbons (Fsp3) is 0.611. The second kappa shape index (κ2) is 9.49. The lowest BCUT2D eigenvalue weighted by atomic mass is 10.1. The zero-order chi connectivity index (χ0) is 18.2. The van der Waals surface area contributed by atoms with E-state index in [1.54, 1.807) is 12.0 Å². The van der Waals surface area contributed by atoms with Gasteiger partial charge in [0, 0.05) is 25.8 Å². The number of hydrogen-bond donors (Lipinski definition) is 2. The summed E-state index contributed by atoms with van der Waals surface area (Å²) in [7, 11) is 1.60. The van der Waals surface area contributed by atoms with E-state index in [4.69, 9.17) is 9.47 Å². The summed E-state index contributed by atoms with van der Waals surface area (Å²) >= 11 is 0. The highest BCUT2D eigenvalue weighted by Gasteiger charge is 2.28. The smallest absolute Gasteiger partial charge is 0.410 e. The zero-order valence-corrected chi connectivity index (χ0v) is 15.0. The lowest BCUT2D eigenvalue weighted by Crippen LogP contribution is -2.43. The second-order valence-electron chi connectivity index (χ2n) is 6.63. The van der Waals surface area contributed by atoms with Crippen molar-refractivity contribution in [3.8, 4) is 5.75 Å². The Morgan fingerprint density at radius 1 is 1.12 bits per heavy atom. The van der Waals surface area contributed by atoms with Gasteiger partial charge in [0.2, 0.25) is 0 Å². The first kappa shape index (κ1) is 20.3. The van der Waals surface area contributed by atoms with Gasteiger partial charge in [-0.25, -0.2) is 4.79 Å². The van der Waals surface area contributed by atoms with Gasteiger partial charge < -0.3 is 24.6 Å². The summed E-state index contributed by atoms with van der Waals surface area (Å²) in [5, 5.41) is 18.6. The highest BCUT2D eigenvalue weighted by molar-refractivity contribution is 5.68. The third-order valence-corrected chi connectivity index (χ3v) is 3.51. The van der Waals surface area contributed by atoms with Crippen LogP contribution in [0.3, 0.4) is 0 Å². The van der Waals surface area contributed by atoms with Crippen molar-refractivity contribution in [1.82, 2.24) is 4.90 Å². The molecule has 0 bridgehead atoms. The average Bonchev–Trinajstić information content (AvgIpc) is 2.51. The van der Waals surface area contributed by atoms with E-state index in [-0.39, 0.29) is 19.3 Å². The van der Waals surface area contributed by atoms with Gasteiger partial charge in [0.05, 0.1) is 7.11 Å². The van der Waals surface area contributed by atoms with Crippen LogP contribution in [-0.2, 0) is 11.3 Å². The SMILES string of the molecule is COc1ccc(CN(C(=O)OC(C)(C)C)C(CCO)CCO)cc1. The molecule has 2 N–H and O–H groups in total. The molecule has 24 heavy (non-hydrogen) atoms. The zero-order valence-electron chi connectivity index (χ0n) is 15.0. The Morgan fingerprint density at radius 2 is 1.67 bits per heavy atom. The summed E-state index contributed by atoms with van der Waals surface area (Å²) in [5.41, 5.74) is 0.306. The molecule has 0 aliphatic heterocycles. The van der Waals surface area contributed by atoms with Gasteiger partial charge >= 0.3 is 6.09 Å². The molecule has 0 unspecified atom stereocenters. The molecular formula is C18H29NO5. The van der Waals surface area contributed by atoms with Crippen LogP contribution in [0.15, 0.2) is 24.3 Å². The highest BCUT2D eigenvalue weighted by Crippen LogP contribution is 2.20. The van der Waals surface area contributed by atoms with Crippen molar-refractivity contribution in [3.63, 3.8) is 0 Å². The minimum Gasteiger partial charge on any atom is -0.497 e. The Balaban J connectivity index is 2.98. The first-order valence-corrected chi connectivity index (χ1v) is 8.15. The molecule has 136 valence electrons. The summed E-state index contributed by atoms with van der Waals surface area (Å²) in [6.07, 6.45) is 0.316. The molecule has 6 nitrogen and oxygen atoms in total. The van der Waals surface area contributed by atoms with E-state index in [0.717, 1.165) is 11.3 Å². The molecule has 0 fully saturated rings. The normalized spacial score (nSPS) is 11.5. The van der Waals surface area contributed by atoms with Crippen LogP contribution in [0.5, 0.6) is 5.75 Å². The Morgan fingerprint density at radius 3 is 2.08 bits per heavy atom. The summed E-state index contributed by atoms with van der Waals surface area (Å²) in [6.45, 7) is 5.64. The number of amides is 1. The van der Waals surface area contributed by atoms with Gasteiger partial charge in [0.25, 0.3) is 0 Å². The number of aliphatic hydroxyl groups excluding tert-OH is 2. The molecule has 0 spiro atoms. The van der Waals surface area contributed by atoms with Crippen molar-refractivity contribution >= 4 is 6.09 Å². The van der Waals surface area contributed by atoms with Crippen LogP contribution in [-0.4, -0.2) is 53.2 Å². The fourth-order valence-electron chi connectivity index (χ4n) is 2.34. The van der Waals surface area contributed by atoms with Crippen LogP contribution in [0.1, 0.15) is 39.2 Å². The van der Waals surface area contributed by atoms with E-state index < -0.39 is 11.7 Å². The first-order valence-electron chi connectivity index (χ1n) is 8.15. The maximum Gasteiger partial charge on any atom is 0.410 e. The number of hydrogen-bond acceptors (Lipinski definition) is 5. The maximum atomic E-state index is 12.6. The molecule has 0 saturated heterocycles. The first-order chi connectivity index (χ1) is 11.3. The monoisotopic (exact) mass is 339 g/mol. The lowest BCUT2D eigenvalue weighted by molar-refractivity contribution is 0.00868. The van der Waals surface area contributed by atoms with Crippen LogP contribution < -0.4 is 4.74 Å². The Kier molecular flexibility index (Phi) is 8.01. The van der Waals surface area contributed by atoms with Crippen LogP contribution in [0.2, 0.25) is 0 Å². The topological polar surface area (TPSA) is 79.2 Å². The molecule has 6 heteroatoms. The van der Waals surface area contributed by atoms with Crippen molar-refractivity contribution in [2.24, 2.45) is 0 Å². The van der Waals surface area contributed by atoms with Crippen LogP contribution in [0.4, 0.5) is 4.79 Å². The number of rotatable bonds is 8. The van der Waals surface area contributed by atoms with Crippen molar-refractivity contribution in [2.75, 3.05) is 20.3 Å². The van der Waals surface area contributed by atoms with Gasteiger partial charge in [0.15, 0.2) is 0 Å². The molecule has 1 aromatic carbocycles. The van der Waals surface area contributed by atoms with E-state index in [2.05, 4.69) is 0 Å². The van der Waals surface area contributed by atoms with E-state index in [9.17, 15) is 15.0 Å². The predicted molar refractivity (Wildman–Crippen MR) is 92.0 cm³/mol. The molecule has 0 aromatic heterocycles. The Labute approximate surface area is 144 Å². The van der Waals surface area contributed by atoms with Gasteiger partial charge in [-0.05, 0) is 51.3 Å². The van der Waals surface area contributed by atoms with Crippen LogP contribution in [0, 0.1) is 0 Å². The summed E-state index contributed by atoms with van der Waals surface area (Å²) in [4.78, 5) is 14.2. The lowest BCUT2D eigenvalue weighted by Gasteiger charge is -2.33. The van der Waals surface area contributed by atoms with Crippen molar-refractivity contribution in [2.45, 2.75) is 51.8 Å². The fourth-order valence-corrected chi connectivity index (χ4v) is 2.34. The average molecular weight is 339 g/mol. The number of carbonyl (C=O) groups is 1. The number of methoxy groups -OCH3 is 1. The van der Waals surface area contributed by atoms with E-state index >= 15 is 0 Å². The number of aliphatic hydroxyl groups is 2. The largest absolute Gasteiger partial charge is 0.497 e. The summed E-state index contributed by atoms with van der Waals surface area (Å²) in [5.74, 6) is 0.741. The minimum absolute atomic E-state index is 0.0629. The van der Waals surface area contributed by atoms with E-state index in [1.165, 1.54) is 0 Å². The standard InChI is InChI=1S/C18H29NO5/c1-18(2,3)24-17(22)19(15(9-11-20)10-12-21)13-14-5-7-16(23-4)8-6-14/h5-8,15,20-21H,9-13H2,1-4H3. The van der Waals surface area contributed by atoms with E-state index in [0.29, 0.717) is 19.4 Å². The van der Waals surface area contributed by atoms with Gasteiger partial charge in [-0.1, -0.05) is 12.1 Å². The minimum atomic E-state index is -0.613. The molecule has 1 rings (SSSR count). The summed E-state index contributed by atoms with van der Waals surface area (Å²) < 4.78 is 10.6. The van der Waals surface area contributed by atoms with Crippen LogP contribution >= 0.6 is 0 Å². The third-order valence-electron chi connectivity index (χ3n) is 3.51. The molecule has 0 heterocycles. The van der Waals surface area contributed by atoms with Gasteiger partial charge in [-0.2, -0.15) is 0 Å². The number of carbonyl (C=O) groups excluding carboxylic acids is 1. The van der Waals surface area contributed by atoms with Gasteiger partial charge in [0.1, 0.15) is 11.4 Å². The van der Waals surface area contributed by atoms with Gasteiger partial charge in [-0.15, -0.1) is 0 Å². The van der Waals surface area contributed by atoms with Crippen molar-refractivity contribution < 1.29 is 24.5 Å². The number of ether oxygens (including phenoxy) is 2. The Bertz CT molecular complexity index is 489. The molecule has 1 aromatic rings. The van der Waals surface area contributed by atoms with E-state index in [1.807, 2.05) is 45.0 Å². The third kappa shape index (κ3) is 6.76. The van der Waals surface area contributed by atoms with Crippen molar-refractivity contribution in [1.29, 1.82) is 0 Å². The Hall–Kier alpha value is -1.79. The predicted octanol–water partition coefficient (Wildman–Crippen LogP) is 2.57. The molecule has 0 radical (unpaired) electrons. The molecule has 0 aliphatic rings. The maximum absolute atomic E-state index is 12.6. The molecular weight excluding hydrogens is 310 g/mol. The molecule has 1 amide bonds. The summed E-state index contributed by atoms with van der Waals surface area (Å²) in [6, 6.07) is 7.12. The quantitative estimate of drug-likeness (QED) is 0.761. The molecule has 0 aliphatic carbocycles. The van der Waals surface area contributed by atoms with Crippen LogP contribution in [0.25, 0.3) is 0 Å². The highest BCUT2D eigenvalue weighted by atomic mass is 16.6. The number of nitrogens with zero attached hydrogens (tertiary/aromatic N) is 1. The van der Waals surface area contributed by atoms with Crippen molar-refractivity contribution in [3.05, 3.63) is 29.8 Å². The van der Waals surface area contributed by atoms with Gasteiger partial charge in [-0.3, -0.25) is 0 Å². The second-order valence-corrected chi connectivity index (χ2v) is 6.63. The number of benzene rings is 1. The molecule has 0 atom stereocenters.